The zero-order valence-electron chi connectivity index (χ0n) is 10.6. The summed E-state index contributed by atoms with van der Waals surface area (Å²) in [5.74, 6) is 2.01. The van der Waals surface area contributed by atoms with Crippen LogP contribution >= 0.6 is 0 Å². The first-order valence-corrected chi connectivity index (χ1v) is 6.45. The molecule has 6 nitrogen and oxygen atoms in total. The zero-order valence-corrected chi connectivity index (χ0v) is 10.6. The summed E-state index contributed by atoms with van der Waals surface area (Å²) >= 11 is 0. The van der Waals surface area contributed by atoms with Crippen LogP contribution < -0.4 is 10.6 Å². The van der Waals surface area contributed by atoms with Crippen LogP contribution in [0.3, 0.4) is 0 Å². The molecule has 0 spiro atoms. The standard InChI is InChI=1S/C12H18N6/c1-8-3-2-5-18(6-4-8)11-9-7-14-17-10(9)15-12(13)16-11/h7-8H,2-6H2,1H3,(H3,13,14,15,16,17). The van der Waals surface area contributed by atoms with Crippen molar-refractivity contribution in [1.82, 2.24) is 20.2 Å². The van der Waals surface area contributed by atoms with Gasteiger partial charge in [-0.1, -0.05) is 6.92 Å². The third kappa shape index (κ3) is 1.98. The van der Waals surface area contributed by atoms with E-state index in [1.807, 2.05) is 0 Å². The van der Waals surface area contributed by atoms with Crippen molar-refractivity contribution in [3.8, 4) is 0 Å². The van der Waals surface area contributed by atoms with Gasteiger partial charge in [0.25, 0.3) is 0 Å². The molecule has 3 rings (SSSR count). The minimum atomic E-state index is 0.305. The van der Waals surface area contributed by atoms with Crippen molar-refractivity contribution < 1.29 is 0 Å². The predicted octanol–water partition coefficient (Wildman–Crippen LogP) is 1.56. The van der Waals surface area contributed by atoms with E-state index in [0.717, 1.165) is 35.9 Å². The van der Waals surface area contributed by atoms with Crippen LogP contribution in [0.2, 0.25) is 0 Å². The molecule has 96 valence electrons. The molecule has 6 heteroatoms. The molecule has 0 saturated carbocycles. The van der Waals surface area contributed by atoms with Crippen LogP contribution in [0.4, 0.5) is 11.8 Å². The summed E-state index contributed by atoms with van der Waals surface area (Å²) in [7, 11) is 0. The Bertz CT molecular complexity index is 548. The molecule has 0 amide bonds. The van der Waals surface area contributed by atoms with Crippen molar-refractivity contribution in [2.75, 3.05) is 23.7 Å². The predicted molar refractivity (Wildman–Crippen MR) is 71.3 cm³/mol. The van der Waals surface area contributed by atoms with Crippen molar-refractivity contribution in [2.45, 2.75) is 26.2 Å². The third-order valence-corrected chi connectivity index (χ3v) is 3.62. The molecule has 1 fully saturated rings. The van der Waals surface area contributed by atoms with Gasteiger partial charge in [-0.3, -0.25) is 5.10 Å². The first kappa shape index (κ1) is 11.3. The summed E-state index contributed by atoms with van der Waals surface area (Å²) in [6.45, 7) is 4.37. The molecule has 2 aromatic heterocycles. The summed E-state index contributed by atoms with van der Waals surface area (Å²) in [5, 5.41) is 7.84. The third-order valence-electron chi connectivity index (χ3n) is 3.62. The van der Waals surface area contributed by atoms with E-state index in [1.54, 1.807) is 6.20 Å². The second-order valence-electron chi connectivity index (χ2n) is 5.06. The van der Waals surface area contributed by atoms with Gasteiger partial charge in [0.2, 0.25) is 5.95 Å². The minimum absolute atomic E-state index is 0.305. The van der Waals surface area contributed by atoms with E-state index in [1.165, 1.54) is 19.3 Å². The van der Waals surface area contributed by atoms with E-state index in [0.29, 0.717) is 5.95 Å². The fourth-order valence-electron chi connectivity index (χ4n) is 2.55. The molecular formula is C12H18N6. The molecule has 3 N–H and O–H groups in total. The number of aromatic amines is 1. The van der Waals surface area contributed by atoms with Crippen molar-refractivity contribution >= 4 is 22.8 Å². The molecule has 1 saturated heterocycles. The lowest BCUT2D eigenvalue weighted by molar-refractivity contribution is 0.521. The number of nitrogens with two attached hydrogens (primary N) is 1. The summed E-state index contributed by atoms with van der Waals surface area (Å²) in [5.41, 5.74) is 6.48. The molecule has 18 heavy (non-hydrogen) atoms. The van der Waals surface area contributed by atoms with Gasteiger partial charge in [0.15, 0.2) is 5.65 Å². The number of H-pyrrole nitrogens is 1. The van der Waals surface area contributed by atoms with Crippen LogP contribution in [0.25, 0.3) is 11.0 Å². The van der Waals surface area contributed by atoms with Crippen LogP contribution in [-0.2, 0) is 0 Å². The maximum atomic E-state index is 5.76. The Morgan fingerprint density at radius 3 is 3.11 bits per heavy atom. The highest BCUT2D eigenvalue weighted by atomic mass is 15.2. The SMILES string of the molecule is CC1CCCN(c2nc(N)nc3[nH]ncc23)CC1. The molecule has 0 bridgehead atoms. The molecule has 0 radical (unpaired) electrons. The van der Waals surface area contributed by atoms with Gasteiger partial charge in [-0.05, 0) is 25.2 Å². The normalized spacial score (nSPS) is 21.2. The largest absolute Gasteiger partial charge is 0.368 e. The molecule has 0 aromatic carbocycles. The maximum Gasteiger partial charge on any atom is 0.224 e. The number of nitrogens with one attached hydrogen (secondary N) is 1. The van der Waals surface area contributed by atoms with Gasteiger partial charge in [0, 0.05) is 13.1 Å². The Hall–Kier alpha value is -1.85. The molecule has 1 aliphatic heterocycles. The summed E-state index contributed by atoms with van der Waals surface area (Å²) < 4.78 is 0. The molecule has 1 unspecified atom stereocenters. The molecule has 2 aromatic rings. The highest BCUT2D eigenvalue weighted by Crippen LogP contribution is 2.26. The Morgan fingerprint density at radius 1 is 1.33 bits per heavy atom. The Labute approximate surface area is 106 Å². The van der Waals surface area contributed by atoms with Crippen molar-refractivity contribution in [3.63, 3.8) is 0 Å². The highest BCUT2D eigenvalue weighted by molar-refractivity contribution is 5.87. The minimum Gasteiger partial charge on any atom is -0.368 e. The summed E-state index contributed by atoms with van der Waals surface area (Å²) in [6, 6.07) is 0. The maximum absolute atomic E-state index is 5.76. The number of rotatable bonds is 1. The lowest BCUT2D eigenvalue weighted by Crippen LogP contribution is -2.25. The van der Waals surface area contributed by atoms with Crippen LogP contribution in [0.15, 0.2) is 6.20 Å². The molecule has 1 atom stereocenters. The second kappa shape index (κ2) is 4.44. The monoisotopic (exact) mass is 246 g/mol. The Morgan fingerprint density at radius 2 is 2.22 bits per heavy atom. The van der Waals surface area contributed by atoms with Gasteiger partial charge >= 0.3 is 0 Å². The molecule has 1 aliphatic rings. The van der Waals surface area contributed by atoms with Crippen LogP contribution in [0.5, 0.6) is 0 Å². The lowest BCUT2D eigenvalue weighted by atomic mass is 10.0. The average Bonchev–Trinajstić information content (AvgIpc) is 2.70. The van der Waals surface area contributed by atoms with E-state index in [4.69, 9.17) is 5.73 Å². The average molecular weight is 246 g/mol. The number of aromatic nitrogens is 4. The van der Waals surface area contributed by atoms with Gasteiger partial charge < -0.3 is 10.6 Å². The Balaban J connectivity index is 1.99. The number of hydrogen-bond donors (Lipinski definition) is 2. The van der Waals surface area contributed by atoms with E-state index in [2.05, 4.69) is 32.0 Å². The summed E-state index contributed by atoms with van der Waals surface area (Å²) in [6.07, 6.45) is 5.46. The van der Waals surface area contributed by atoms with Gasteiger partial charge in [-0.2, -0.15) is 15.1 Å². The quantitative estimate of drug-likeness (QED) is 0.797. The smallest absolute Gasteiger partial charge is 0.224 e. The topological polar surface area (TPSA) is 83.7 Å². The second-order valence-corrected chi connectivity index (χ2v) is 5.06. The van der Waals surface area contributed by atoms with E-state index >= 15 is 0 Å². The number of fused-ring (bicyclic) bond motifs is 1. The molecule has 3 heterocycles. The van der Waals surface area contributed by atoms with Gasteiger partial charge in [0.1, 0.15) is 5.82 Å². The van der Waals surface area contributed by atoms with Crippen LogP contribution in [-0.4, -0.2) is 33.3 Å². The fraction of sp³-hybridized carbons (Fsp3) is 0.583. The fourth-order valence-corrected chi connectivity index (χ4v) is 2.55. The number of nitrogens with zero attached hydrogens (tertiary/aromatic N) is 4. The van der Waals surface area contributed by atoms with Crippen molar-refractivity contribution in [3.05, 3.63) is 6.20 Å². The number of hydrogen-bond acceptors (Lipinski definition) is 5. The summed E-state index contributed by atoms with van der Waals surface area (Å²) in [4.78, 5) is 10.9. The first-order chi connectivity index (χ1) is 8.74. The van der Waals surface area contributed by atoms with E-state index in [-0.39, 0.29) is 0 Å². The van der Waals surface area contributed by atoms with Crippen LogP contribution in [0.1, 0.15) is 26.2 Å². The zero-order chi connectivity index (χ0) is 12.5. The van der Waals surface area contributed by atoms with E-state index < -0.39 is 0 Å². The lowest BCUT2D eigenvalue weighted by Gasteiger charge is -2.22. The van der Waals surface area contributed by atoms with Crippen molar-refractivity contribution in [1.29, 1.82) is 0 Å². The Kier molecular flexibility index (Phi) is 2.77. The van der Waals surface area contributed by atoms with Gasteiger partial charge in [0.05, 0.1) is 11.6 Å². The number of nitrogen functional groups attached to an aromatic ring is 1. The van der Waals surface area contributed by atoms with Gasteiger partial charge in [-0.15, -0.1) is 0 Å². The van der Waals surface area contributed by atoms with Crippen molar-refractivity contribution in [2.24, 2.45) is 5.92 Å². The molecular weight excluding hydrogens is 228 g/mol. The highest BCUT2D eigenvalue weighted by Gasteiger charge is 2.18. The first-order valence-electron chi connectivity index (χ1n) is 6.45. The number of anilines is 2. The van der Waals surface area contributed by atoms with E-state index in [9.17, 15) is 0 Å². The van der Waals surface area contributed by atoms with Gasteiger partial charge in [-0.25, -0.2) is 0 Å². The molecule has 0 aliphatic carbocycles. The van der Waals surface area contributed by atoms with Crippen LogP contribution in [0, 0.1) is 5.92 Å².